The zero-order valence-electron chi connectivity index (χ0n) is 29.5. The van der Waals surface area contributed by atoms with Crippen molar-refractivity contribution in [3.8, 4) is 16.8 Å². The summed E-state index contributed by atoms with van der Waals surface area (Å²) in [6.45, 7) is 0. The molecule has 2 heteroatoms. The van der Waals surface area contributed by atoms with Gasteiger partial charge < -0.3 is 9.47 Å². The van der Waals surface area contributed by atoms with E-state index >= 15 is 0 Å². The summed E-state index contributed by atoms with van der Waals surface area (Å²) >= 11 is 0. The van der Waals surface area contributed by atoms with E-state index in [4.69, 9.17) is 0 Å². The van der Waals surface area contributed by atoms with Crippen LogP contribution < -0.4 is 4.90 Å². The minimum atomic E-state index is 1.11. The number of anilines is 3. The lowest BCUT2D eigenvalue weighted by molar-refractivity contribution is 1.18. The molecule has 0 bridgehead atoms. The molecule has 0 atom stereocenters. The van der Waals surface area contributed by atoms with E-state index in [9.17, 15) is 0 Å². The molecule has 0 amide bonds. The molecule has 0 saturated carbocycles. The summed E-state index contributed by atoms with van der Waals surface area (Å²) < 4.78 is 2.38. The fraction of sp³-hybridized carbons (Fsp3) is 0. The summed E-state index contributed by atoms with van der Waals surface area (Å²) in [6, 6.07) is 75.3. The van der Waals surface area contributed by atoms with E-state index in [0.29, 0.717) is 0 Å². The number of rotatable bonds is 5. The first-order chi connectivity index (χ1) is 26.8. The number of fused-ring (bicyclic) bond motifs is 10. The highest BCUT2D eigenvalue weighted by Crippen LogP contribution is 2.45. The van der Waals surface area contributed by atoms with Crippen molar-refractivity contribution in [3.63, 3.8) is 0 Å². The van der Waals surface area contributed by atoms with Crippen molar-refractivity contribution in [1.29, 1.82) is 0 Å². The second-order valence-electron chi connectivity index (χ2n) is 14.1. The van der Waals surface area contributed by atoms with Crippen LogP contribution >= 0.6 is 0 Å². The Labute approximate surface area is 313 Å². The van der Waals surface area contributed by atoms with Crippen molar-refractivity contribution in [1.82, 2.24) is 4.57 Å². The molecule has 0 radical (unpaired) electrons. The summed E-state index contributed by atoms with van der Waals surface area (Å²) in [6.07, 6.45) is 0. The number of para-hydroxylation sites is 2. The van der Waals surface area contributed by atoms with Crippen molar-refractivity contribution in [2.24, 2.45) is 0 Å². The van der Waals surface area contributed by atoms with Gasteiger partial charge in [-0.2, -0.15) is 0 Å². The van der Waals surface area contributed by atoms with Gasteiger partial charge in [0.25, 0.3) is 0 Å². The maximum atomic E-state index is 2.46. The van der Waals surface area contributed by atoms with Gasteiger partial charge in [-0.15, -0.1) is 0 Å². The standard InChI is InChI=1S/C52H34N2/c1-3-13-35(14-4-1)39-16-11-19-41(33-39)53(42-30-32-50-47(34-42)44-21-9-10-23-49(44)54(50)40-17-5-2-6-18-40)48-24-12-22-46-45(48)31-29-38-28-27-37-26-25-36-15-7-8-20-43(36)51(37)52(38)46/h1-34H. The molecule has 11 aromatic rings. The molecule has 10 aromatic carbocycles. The summed E-state index contributed by atoms with van der Waals surface area (Å²) in [5, 5.41) is 12.6. The molecule has 0 aliphatic heterocycles. The molecule has 54 heavy (non-hydrogen) atoms. The van der Waals surface area contributed by atoms with E-state index in [2.05, 4.69) is 216 Å². The van der Waals surface area contributed by atoms with Crippen molar-refractivity contribution >= 4 is 82.0 Å². The van der Waals surface area contributed by atoms with Gasteiger partial charge in [0, 0.05) is 33.2 Å². The molecule has 0 N–H and O–H groups in total. The van der Waals surface area contributed by atoms with Gasteiger partial charge in [-0.05, 0) is 103 Å². The molecule has 0 spiro atoms. The Hall–Kier alpha value is -7.16. The third kappa shape index (κ3) is 4.74. The van der Waals surface area contributed by atoms with Crippen LogP contribution in [0.3, 0.4) is 0 Å². The molecule has 1 aromatic heterocycles. The SMILES string of the molecule is c1ccc(-c2cccc(N(c3ccc4c(c3)c3ccccc3n4-c3ccccc3)c3cccc4c3ccc3ccc5ccc6ccccc6c5c34)c2)cc1. The molecule has 11 rings (SSSR count). The highest BCUT2D eigenvalue weighted by molar-refractivity contribution is 6.28. The number of benzene rings is 10. The van der Waals surface area contributed by atoms with Crippen LogP contribution in [0.4, 0.5) is 17.1 Å². The van der Waals surface area contributed by atoms with Crippen LogP contribution in [0.25, 0.3) is 81.7 Å². The van der Waals surface area contributed by atoms with E-state index in [1.807, 2.05) is 0 Å². The number of nitrogens with zero attached hydrogens (tertiary/aromatic N) is 2. The molecule has 0 fully saturated rings. The van der Waals surface area contributed by atoms with Crippen LogP contribution in [0, 0.1) is 0 Å². The quantitative estimate of drug-likeness (QED) is 0.164. The average Bonchev–Trinajstić information content (AvgIpc) is 3.58. The molecule has 0 unspecified atom stereocenters. The zero-order chi connectivity index (χ0) is 35.6. The van der Waals surface area contributed by atoms with Gasteiger partial charge in [-0.1, -0.05) is 152 Å². The van der Waals surface area contributed by atoms with E-state index in [-0.39, 0.29) is 0 Å². The highest BCUT2D eigenvalue weighted by Gasteiger charge is 2.20. The summed E-state index contributed by atoms with van der Waals surface area (Å²) in [5.74, 6) is 0. The van der Waals surface area contributed by atoms with Gasteiger partial charge in [0.05, 0.1) is 16.7 Å². The normalized spacial score (nSPS) is 11.7. The van der Waals surface area contributed by atoms with Crippen molar-refractivity contribution in [3.05, 3.63) is 206 Å². The molecule has 0 saturated heterocycles. The van der Waals surface area contributed by atoms with Gasteiger partial charge in [0.1, 0.15) is 0 Å². The lowest BCUT2D eigenvalue weighted by atomic mass is 9.92. The monoisotopic (exact) mass is 686 g/mol. The Bertz CT molecular complexity index is 3210. The highest BCUT2D eigenvalue weighted by atomic mass is 15.1. The van der Waals surface area contributed by atoms with E-state index in [1.54, 1.807) is 0 Å². The van der Waals surface area contributed by atoms with Crippen molar-refractivity contribution in [2.75, 3.05) is 4.90 Å². The summed E-state index contributed by atoms with van der Waals surface area (Å²) in [4.78, 5) is 2.46. The first-order valence-electron chi connectivity index (χ1n) is 18.6. The van der Waals surface area contributed by atoms with Gasteiger partial charge in [-0.3, -0.25) is 0 Å². The molecule has 0 aliphatic rings. The van der Waals surface area contributed by atoms with Gasteiger partial charge in [-0.25, -0.2) is 0 Å². The van der Waals surface area contributed by atoms with Crippen molar-refractivity contribution < 1.29 is 0 Å². The van der Waals surface area contributed by atoms with Crippen molar-refractivity contribution in [2.45, 2.75) is 0 Å². The number of aromatic nitrogens is 1. The topological polar surface area (TPSA) is 8.17 Å². The summed E-state index contributed by atoms with van der Waals surface area (Å²) in [5.41, 5.74) is 9.28. The average molecular weight is 687 g/mol. The Kier molecular flexibility index (Phi) is 6.90. The second kappa shape index (κ2) is 12.2. The van der Waals surface area contributed by atoms with E-state index < -0.39 is 0 Å². The Balaban J connectivity index is 1.21. The Morgan fingerprint density at radius 3 is 1.74 bits per heavy atom. The third-order valence-electron chi connectivity index (χ3n) is 11.1. The minimum absolute atomic E-state index is 1.11. The van der Waals surface area contributed by atoms with Gasteiger partial charge in [0.15, 0.2) is 0 Å². The lowest BCUT2D eigenvalue weighted by Crippen LogP contribution is -2.10. The summed E-state index contributed by atoms with van der Waals surface area (Å²) in [7, 11) is 0. The molecular formula is C52H34N2. The van der Waals surface area contributed by atoms with Crippen LogP contribution in [0.15, 0.2) is 206 Å². The third-order valence-corrected chi connectivity index (χ3v) is 11.1. The second-order valence-corrected chi connectivity index (χ2v) is 14.1. The van der Waals surface area contributed by atoms with E-state index in [1.165, 1.54) is 76.0 Å². The maximum absolute atomic E-state index is 2.46. The molecule has 252 valence electrons. The Morgan fingerprint density at radius 2 is 0.907 bits per heavy atom. The van der Waals surface area contributed by atoms with Crippen LogP contribution in [0.2, 0.25) is 0 Å². The maximum Gasteiger partial charge on any atom is 0.0542 e. The largest absolute Gasteiger partial charge is 0.310 e. The first kappa shape index (κ1) is 30.5. The minimum Gasteiger partial charge on any atom is -0.310 e. The predicted octanol–water partition coefficient (Wildman–Crippen LogP) is 14.5. The smallest absolute Gasteiger partial charge is 0.0542 e. The fourth-order valence-electron chi connectivity index (χ4n) is 8.69. The molecule has 2 nitrogen and oxygen atoms in total. The zero-order valence-corrected chi connectivity index (χ0v) is 29.5. The van der Waals surface area contributed by atoms with Crippen LogP contribution in [-0.2, 0) is 0 Å². The van der Waals surface area contributed by atoms with Crippen LogP contribution in [0.5, 0.6) is 0 Å². The van der Waals surface area contributed by atoms with Crippen LogP contribution in [0.1, 0.15) is 0 Å². The number of hydrogen-bond acceptors (Lipinski definition) is 1. The molecule has 0 aliphatic carbocycles. The van der Waals surface area contributed by atoms with Gasteiger partial charge in [0.2, 0.25) is 0 Å². The molecule has 1 heterocycles. The fourth-order valence-corrected chi connectivity index (χ4v) is 8.69. The molecular weight excluding hydrogens is 653 g/mol. The lowest BCUT2D eigenvalue weighted by Gasteiger charge is -2.28. The first-order valence-corrected chi connectivity index (χ1v) is 18.6. The Morgan fingerprint density at radius 1 is 0.315 bits per heavy atom. The van der Waals surface area contributed by atoms with Gasteiger partial charge >= 0.3 is 0 Å². The van der Waals surface area contributed by atoms with Crippen LogP contribution in [-0.4, -0.2) is 4.57 Å². The number of hydrogen-bond donors (Lipinski definition) is 0. The predicted molar refractivity (Wildman–Crippen MR) is 231 cm³/mol. The van der Waals surface area contributed by atoms with E-state index in [0.717, 1.165) is 22.7 Å².